The highest BCUT2D eigenvalue weighted by Crippen LogP contribution is 2.23. The highest BCUT2D eigenvalue weighted by atomic mass is 79.9. The number of nitrogens with zero attached hydrogens (tertiary/aromatic N) is 1. The monoisotopic (exact) mass is 340 g/mol. The van der Waals surface area contributed by atoms with Crippen LogP contribution in [0.15, 0.2) is 41.1 Å². The summed E-state index contributed by atoms with van der Waals surface area (Å²) in [6, 6.07) is 6.12. The lowest BCUT2D eigenvalue weighted by molar-refractivity contribution is 0.520. The van der Waals surface area contributed by atoms with Gasteiger partial charge in [0.1, 0.15) is 11.6 Å². The van der Waals surface area contributed by atoms with E-state index in [0.29, 0.717) is 6.42 Å². The molecule has 2 rings (SSSR count). The molecule has 0 aliphatic rings. The summed E-state index contributed by atoms with van der Waals surface area (Å²) in [7, 11) is 0. The zero-order valence-corrected chi connectivity index (χ0v) is 12.4. The Balaban J connectivity index is 1.98. The predicted octanol–water partition coefficient (Wildman–Crippen LogP) is 3.62. The van der Waals surface area contributed by atoms with E-state index in [4.69, 9.17) is 5.73 Å². The van der Waals surface area contributed by atoms with Crippen LogP contribution in [-0.4, -0.2) is 11.0 Å². The predicted molar refractivity (Wildman–Crippen MR) is 78.3 cm³/mol. The second kappa shape index (κ2) is 6.90. The molecule has 1 atom stereocenters. The number of hydrogen-bond donors (Lipinski definition) is 1. The van der Waals surface area contributed by atoms with E-state index in [1.165, 1.54) is 12.1 Å². The summed E-state index contributed by atoms with van der Waals surface area (Å²) < 4.78 is 27.7. The van der Waals surface area contributed by atoms with Crippen LogP contribution in [0, 0.1) is 11.6 Å². The number of aromatic nitrogens is 1. The van der Waals surface area contributed by atoms with E-state index >= 15 is 0 Å². The normalized spacial score (nSPS) is 12.4. The molecule has 1 aromatic heterocycles. The summed E-state index contributed by atoms with van der Waals surface area (Å²) in [5, 5.41) is 0. The third-order valence-corrected chi connectivity index (χ3v) is 3.74. The summed E-state index contributed by atoms with van der Waals surface area (Å²) in [5.74, 6) is -1.12. The molecule has 0 saturated heterocycles. The van der Waals surface area contributed by atoms with Crippen molar-refractivity contribution < 1.29 is 8.78 Å². The number of nitrogens with two attached hydrogens (primary N) is 1. The zero-order valence-electron chi connectivity index (χ0n) is 10.8. The summed E-state index contributed by atoms with van der Waals surface area (Å²) in [6.07, 6.45) is 5.05. The summed E-state index contributed by atoms with van der Waals surface area (Å²) in [4.78, 5) is 4.02. The first kappa shape index (κ1) is 15.1. The molecule has 0 amide bonds. The lowest BCUT2D eigenvalue weighted by atomic mass is 10.00. The van der Waals surface area contributed by atoms with E-state index in [9.17, 15) is 8.78 Å². The molecule has 0 bridgehead atoms. The number of aryl methyl sites for hydroxylation is 1. The van der Waals surface area contributed by atoms with Gasteiger partial charge in [-0.1, -0.05) is 6.07 Å². The Morgan fingerprint density at radius 1 is 1.25 bits per heavy atom. The van der Waals surface area contributed by atoms with Gasteiger partial charge in [0, 0.05) is 24.0 Å². The molecule has 2 aromatic rings. The molecule has 0 saturated carbocycles. The van der Waals surface area contributed by atoms with Crippen LogP contribution >= 0.6 is 15.9 Å². The van der Waals surface area contributed by atoms with E-state index in [1.807, 2.05) is 12.1 Å². The average molecular weight is 341 g/mol. The molecule has 0 aliphatic carbocycles. The molecule has 1 unspecified atom stereocenters. The van der Waals surface area contributed by atoms with Crippen LogP contribution < -0.4 is 5.73 Å². The highest BCUT2D eigenvalue weighted by molar-refractivity contribution is 9.10. The number of halogens is 3. The van der Waals surface area contributed by atoms with E-state index in [-0.39, 0.29) is 22.5 Å². The van der Waals surface area contributed by atoms with Gasteiger partial charge in [-0.2, -0.15) is 0 Å². The molecule has 1 aromatic carbocycles. The van der Waals surface area contributed by atoms with Crippen molar-refractivity contribution in [3.8, 4) is 0 Å². The van der Waals surface area contributed by atoms with E-state index in [2.05, 4.69) is 20.9 Å². The maximum Gasteiger partial charge on any atom is 0.143 e. The van der Waals surface area contributed by atoms with E-state index < -0.39 is 11.6 Å². The van der Waals surface area contributed by atoms with Crippen LogP contribution in [0.2, 0.25) is 0 Å². The lowest BCUT2D eigenvalue weighted by Gasteiger charge is -2.13. The smallest absolute Gasteiger partial charge is 0.143 e. The van der Waals surface area contributed by atoms with Gasteiger partial charge in [-0.3, -0.25) is 4.98 Å². The first-order chi connectivity index (χ1) is 9.58. The second-order valence-electron chi connectivity index (χ2n) is 4.69. The quantitative estimate of drug-likeness (QED) is 0.844. The van der Waals surface area contributed by atoms with Crippen molar-refractivity contribution in [3.63, 3.8) is 0 Å². The number of benzene rings is 1. The molecular formula is C15H15BrF2N2. The van der Waals surface area contributed by atoms with E-state index in [1.54, 1.807) is 12.4 Å². The fourth-order valence-electron chi connectivity index (χ4n) is 2.02. The van der Waals surface area contributed by atoms with Crippen molar-refractivity contribution in [2.75, 3.05) is 0 Å². The Hall–Kier alpha value is -1.33. The summed E-state index contributed by atoms with van der Waals surface area (Å²) in [5.41, 5.74) is 7.08. The van der Waals surface area contributed by atoms with Crippen molar-refractivity contribution in [1.29, 1.82) is 0 Å². The minimum atomic E-state index is -0.568. The largest absolute Gasteiger partial charge is 0.327 e. The third kappa shape index (κ3) is 3.84. The molecule has 1 heterocycles. The first-order valence-electron chi connectivity index (χ1n) is 6.34. The van der Waals surface area contributed by atoms with Crippen LogP contribution in [0.5, 0.6) is 0 Å². The van der Waals surface area contributed by atoms with Gasteiger partial charge in [0.2, 0.25) is 0 Å². The average Bonchev–Trinajstić information content (AvgIpc) is 2.46. The van der Waals surface area contributed by atoms with Crippen LogP contribution in [0.3, 0.4) is 0 Å². The maximum absolute atomic E-state index is 13.8. The molecule has 5 heteroatoms. The minimum absolute atomic E-state index is 0.0399. The molecule has 106 valence electrons. The zero-order chi connectivity index (χ0) is 14.5. The second-order valence-corrected chi connectivity index (χ2v) is 5.54. The molecule has 0 radical (unpaired) electrons. The number of rotatable bonds is 5. The first-order valence-corrected chi connectivity index (χ1v) is 7.14. The maximum atomic E-state index is 13.8. The number of pyridine rings is 1. The molecule has 2 N–H and O–H groups in total. The number of hydrogen-bond acceptors (Lipinski definition) is 2. The standard InChI is InChI=1S/C15H15BrF2N2/c16-13-5-6-14(17)12(15(13)18)8-11(19)4-3-10-2-1-7-20-9-10/h1-2,5-7,9,11H,3-4,8,19H2. The molecule has 0 fully saturated rings. The molecular weight excluding hydrogens is 326 g/mol. The lowest BCUT2D eigenvalue weighted by Crippen LogP contribution is -2.24. The van der Waals surface area contributed by atoms with E-state index in [0.717, 1.165) is 12.0 Å². The van der Waals surface area contributed by atoms with Gasteiger partial charge < -0.3 is 5.73 Å². The topological polar surface area (TPSA) is 38.9 Å². The van der Waals surface area contributed by atoms with Crippen molar-refractivity contribution >= 4 is 15.9 Å². The molecule has 0 spiro atoms. The van der Waals surface area contributed by atoms with Crippen LogP contribution in [0.25, 0.3) is 0 Å². The van der Waals surface area contributed by atoms with Crippen molar-refractivity contribution in [1.82, 2.24) is 4.98 Å². The SMILES string of the molecule is NC(CCc1cccnc1)Cc1c(F)ccc(Br)c1F. The minimum Gasteiger partial charge on any atom is -0.327 e. The van der Waals surface area contributed by atoms with Crippen molar-refractivity contribution in [2.24, 2.45) is 5.73 Å². The van der Waals surface area contributed by atoms with Crippen LogP contribution in [-0.2, 0) is 12.8 Å². The summed E-state index contributed by atoms with van der Waals surface area (Å²) in [6.45, 7) is 0. The van der Waals surface area contributed by atoms with Crippen molar-refractivity contribution in [3.05, 3.63) is 63.9 Å². The fraction of sp³-hybridized carbons (Fsp3) is 0.267. The van der Waals surface area contributed by atoms with Gasteiger partial charge in [0.05, 0.1) is 4.47 Å². The molecule has 20 heavy (non-hydrogen) atoms. The van der Waals surface area contributed by atoms with Gasteiger partial charge in [-0.15, -0.1) is 0 Å². The van der Waals surface area contributed by atoms with Gasteiger partial charge in [-0.25, -0.2) is 8.78 Å². The summed E-state index contributed by atoms with van der Waals surface area (Å²) >= 11 is 3.06. The Bertz CT molecular complexity index is 576. The Morgan fingerprint density at radius 2 is 2.05 bits per heavy atom. The van der Waals surface area contributed by atoms with Gasteiger partial charge in [0.25, 0.3) is 0 Å². The highest BCUT2D eigenvalue weighted by Gasteiger charge is 2.15. The third-order valence-electron chi connectivity index (χ3n) is 3.13. The van der Waals surface area contributed by atoms with Gasteiger partial charge in [-0.05, 0) is 59.0 Å². The molecule has 0 aliphatic heterocycles. The Labute approximate surface area is 125 Å². The Morgan fingerprint density at radius 3 is 2.75 bits per heavy atom. The van der Waals surface area contributed by atoms with Crippen LogP contribution in [0.4, 0.5) is 8.78 Å². The van der Waals surface area contributed by atoms with Crippen molar-refractivity contribution in [2.45, 2.75) is 25.3 Å². The Kier molecular flexibility index (Phi) is 5.20. The fourth-order valence-corrected chi connectivity index (χ4v) is 2.39. The molecule has 2 nitrogen and oxygen atoms in total. The van der Waals surface area contributed by atoms with Gasteiger partial charge in [0.15, 0.2) is 0 Å². The van der Waals surface area contributed by atoms with Crippen LogP contribution in [0.1, 0.15) is 17.5 Å². The van der Waals surface area contributed by atoms with Gasteiger partial charge >= 0.3 is 0 Å².